The summed E-state index contributed by atoms with van der Waals surface area (Å²) in [5, 5.41) is 7.66. The van der Waals surface area contributed by atoms with Gasteiger partial charge in [-0.1, -0.05) is 0 Å². The Labute approximate surface area is 193 Å². The van der Waals surface area contributed by atoms with E-state index in [1.165, 1.54) is 36.5 Å². The van der Waals surface area contributed by atoms with Crippen LogP contribution in [0.3, 0.4) is 0 Å². The zero-order valence-corrected chi connectivity index (χ0v) is 18.6. The highest BCUT2D eigenvalue weighted by molar-refractivity contribution is 7.89. The van der Waals surface area contributed by atoms with Crippen molar-refractivity contribution >= 4 is 38.3 Å². The number of benzene rings is 1. The van der Waals surface area contributed by atoms with E-state index in [-0.39, 0.29) is 36.3 Å². The summed E-state index contributed by atoms with van der Waals surface area (Å²) in [5.41, 5.74) is -0.298. The molecule has 0 unspecified atom stereocenters. The van der Waals surface area contributed by atoms with Crippen molar-refractivity contribution in [3.8, 4) is 0 Å². The summed E-state index contributed by atoms with van der Waals surface area (Å²) < 4.78 is 64.6. The highest BCUT2D eigenvalue weighted by atomic mass is 32.2. The molecular formula is C22H20F3N5O3S. The minimum atomic E-state index is -4.09. The van der Waals surface area contributed by atoms with Gasteiger partial charge in [0.1, 0.15) is 11.6 Å². The fraction of sp³-hybridized carbons (Fsp3) is 0.318. The van der Waals surface area contributed by atoms with E-state index in [0.717, 1.165) is 6.07 Å². The molecule has 178 valence electrons. The number of carbonyl (C=O) groups is 1. The predicted octanol–water partition coefficient (Wildman–Crippen LogP) is 3.29. The van der Waals surface area contributed by atoms with Gasteiger partial charge in [-0.3, -0.25) is 4.79 Å². The first-order valence-electron chi connectivity index (χ1n) is 10.5. The normalized spacial score (nSPS) is 18.8. The molecule has 3 aromatic rings. The first kappa shape index (κ1) is 22.5. The number of amides is 1. The third kappa shape index (κ3) is 3.96. The van der Waals surface area contributed by atoms with Crippen molar-refractivity contribution in [1.29, 1.82) is 0 Å². The second-order valence-corrected chi connectivity index (χ2v) is 10.2. The van der Waals surface area contributed by atoms with Crippen LogP contribution in [0.2, 0.25) is 0 Å². The maximum atomic E-state index is 13.8. The summed E-state index contributed by atoms with van der Waals surface area (Å²) >= 11 is 0. The van der Waals surface area contributed by atoms with E-state index in [9.17, 15) is 26.4 Å². The number of piperidine rings is 1. The second-order valence-electron chi connectivity index (χ2n) is 8.73. The third-order valence-electron chi connectivity index (χ3n) is 6.52. The molecule has 1 saturated heterocycles. The number of nitrogens with zero attached hydrogens (tertiary/aromatic N) is 3. The molecule has 12 heteroatoms. The average Bonchev–Trinajstić information content (AvgIpc) is 3.31. The number of carbonyl (C=O) groups excluding carboxylic acids is 1. The van der Waals surface area contributed by atoms with Gasteiger partial charge in [-0.15, -0.1) is 0 Å². The summed E-state index contributed by atoms with van der Waals surface area (Å²) in [7, 11) is -4.09. The number of anilines is 2. The molecule has 0 bridgehead atoms. The zero-order valence-electron chi connectivity index (χ0n) is 17.8. The first-order chi connectivity index (χ1) is 16.0. The Balaban J connectivity index is 1.50. The Morgan fingerprint density at radius 2 is 1.82 bits per heavy atom. The molecule has 2 aromatic heterocycles. The molecule has 34 heavy (non-hydrogen) atoms. The summed E-state index contributed by atoms with van der Waals surface area (Å²) in [4.78, 5) is 23.2. The number of aromatic nitrogens is 2. The SMILES string of the molecule is NS(=O)(=O)c1cc(NC(=O)c2cc3cc(F)ccc3nc2N2CCC3(CC2)CC3(F)F)ccn1. The Morgan fingerprint density at radius 1 is 1.12 bits per heavy atom. The molecule has 2 aliphatic rings. The van der Waals surface area contributed by atoms with Gasteiger partial charge in [0.05, 0.1) is 11.1 Å². The maximum absolute atomic E-state index is 13.8. The number of pyridine rings is 2. The third-order valence-corrected chi connectivity index (χ3v) is 7.32. The van der Waals surface area contributed by atoms with Gasteiger partial charge in [0.15, 0.2) is 5.03 Å². The molecule has 1 amide bonds. The van der Waals surface area contributed by atoms with Gasteiger partial charge in [0, 0.05) is 48.3 Å². The minimum absolute atomic E-state index is 0.102. The minimum Gasteiger partial charge on any atom is -0.356 e. The summed E-state index contributed by atoms with van der Waals surface area (Å²) in [6.45, 7) is 0.584. The lowest BCUT2D eigenvalue weighted by molar-refractivity contribution is 0.0536. The molecule has 0 atom stereocenters. The predicted molar refractivity (Wildman–Crippen MR) is 119 cm³/mol. The first-order valence-corrected chi connectivity index (χ1v) is 12.1. The number of nitrogens with two attached hydrogens (primary N) is 1. The Morgan fingerprint density at radius 3 is 2.47 bits per heavy atom. The van der Waals surface area contributed by atoms with Crippen LogP contribution in [0.4, 0.5) is 24.7 Å². The number of alkyl halides is 2. The van der Waals surface area contributed by atoms with Gasteiger partial charge in [0.25, 0.3) is 21.9 Å². The Hall–Kier alpha value is -3.25. The highest BCUT2D eigenvalue weighted by Gasteiger charge is 2.70. The summed E-state index contributed by atoms with van der Waals surface area (Å²) in [5.74, 6) is -3.50. The number of halogens is 3. The van der Waals surface area contributed by atoms with E-state index in [2.05, 4.69) is 15.3 Å². The lowest BCUT2D eigenvalue weighted by Crippen LogP contribution is -2.38. The van der Waals surface area contributed by atoms with Crippen molar-refractivity contribution in [2.45, 2.75) is 30.2 Å². The quantitative estimate of drug-likeness (QED) is 0.578. The fourth-order valence-electron chi connectivity index (χ4n) is 4.46. The Bertz CT molecular complexity index is 1420. The fourth-order valence-corrected chi connectivity index (χ4v) is 4.96. The van der Waals surface area contributed by atoms with Crippen LogP contribution in [0, 0.1) is 11.2 Å². The number of rotatable bonds is 4. The number of hydrogen-bond donors (Lipinski definition) is 2. The van der Waals surface area contributed by atoms with Crippen molar-refractivity contribution < 1.29 is 26.4 Å². The van der Waals surface area contributed by atoms with Gasteiger partial charge in [-0.2, -0.15) is 0 Å². The molecule has 1 spiro atoms. The molecule has 0 radical (unpaired) electrons. The largest absolute Gasteiger partial charge is 0.356 e. The van der Waals surface area contributed by atoms with Crippen LogP contribution in [0.5, 0.6) is 0 Å². The number of hydrogen-bond acceptors (Lipinski definition) is 6. The molecule has 1 aliphatic heterocycles. The molecule has 3 N–H and O–H groups in total. The van der Waals surface area contributed by atoms with E-state index >= 15 is 0 Å². The van der Waals surface area contributed by atoms with Gasteiger partial charge >= 0.3 is 0 Å². The van der Waals surface area contributed by atoms with Crippen LogP contribution >= 0.6 is 0 Å². The van der Waals surface area contributed by atoms with Gasteiger partial charge < -0.3 is 10.2 Å². The van der Waals surface area contributed by atoms with E-state index < -0.39 is 38.1 Å². The van der Waals surface area contributed by atoms with Crippen LogP contribution in [0.1, 0.15) is 29.6 Å². The number of primary sulfonamides is 1. The summed E-state index contributed by atoms with van der Waals surface area (Å²) in [6, 6.07) is 7.96. The van der Waals surface area contributed by atoms with E-state index in [4.69, 9.17) is 5.14 Å². The van der Waals surface area contributed by atoms with Gasteiger partial charge in [-0.25, -0.2) is 36.7 Å². The molecule has 5 rings (SSSR count). The van der Waals surface area contributed by atoms with E-state index in [0.29, 0.717) is 24.0 Å². The molecule has 1 aromatic carbocycles. The van der Waals surface area contributed by atoms with Crippen molar-refractivity contribution in [3.05, 3.63) is 54.0 Å². The van der Waals surface area contributed by atoms with Gasteiger partial charge in [0.2, 0.25) is 0 Å². The van der Waals surface area contributed by atoms with Crippen molar-refractivity contribution in [2.75, 3.05) is 23.3 Å². The average molecular weight is 491 g/mol. The van der Waals surface area contributed by atoms with Crippen LogP contribution in [-0.2, 0) is 10.0 Å². The van der Waals surface area contributed by atoms with Crippen molar-refractivity contribution in [1.82, 2.24) is 9.97 Å². The number of sulfonamides is 1. The molecule has 2 fully saturated rings. The van der Waals surface area contributed by atoms with Crippen LogP contribution in [-0.4, -0.2) is 43.3 Å². The zero-order chi connectivity index (χ0) is 24.3. The smallest absolute Gasteiger partial charge is 0.259 e. The molecular weight excluding hydrogens is 471 g/mol. The molecule has 8 nitrogen and oxygen atoms in total. The highest BCUT2D eigenvalue weighted by Crippen LogP contribution is 2.66. The lowest BCUT2D eigenvalue weighted by atomic mass is 9.92. The van der Waals surface area contributed by atoms with Crippen LogP contribution in [0.25, 0.3) is 10.9 Å². The molecule has 3 heterocycles. The number of fused-ring (bicyclic) bond motifs is 1. The van der Waals surface area contributed by atoms with Crippen molar-refractivity contribution in [3.63, 3.8) is 0 Å². The second kappa shape index (κ2) is 7.64. The van der Waals surface area contributed by atoms with Crippen LogP contribution in [0.15, 0.2) is 47.6 Å². The molecule has 1 saturated carbocycles. The van der Waals surface area contributed by atoms with Gasteiger partial charge in [-0.05, 0) is 43.2 Å². The van der Waals surface area contributed by atoms with E-state index in [1.807, 2.05) is 0 Å². The monoisotopic (exact) mass is 491 g/mol. The lowest BCUT2D eigenvalue weighted by Gasteiger charge is -2.34. The van der Waals surface area contributed by atoms with E-state index in [1.54, 1.807) is 4.90 Å². The topological polar surface area (TPSA) is 118 Å². The summed E-state index contributed by atoms with van der Waals surface area (Å²) in [6.07, 6.45) is 1.60. The van der Waals surface area contributed by atoms with Crippen molar-refractivity contribution in [2.24, 2.45) is 10.6 Å². The number of nitrogens with one attached hydrogen (secondary N) is 1. The standard InChI is InChI=1S/C22H20F3N5O3S/c23-14-1-2-17-13(9-14)10-16(20(31)28-15-3-6-27-18(11-15)34(26,32)33)19(29-17)30-7-4-21(5-8-30)12-22(21,24)25/h1-3,6,9-11H,4-5,7-8,12H2,(H2,26,32,33)(H,27,28,31). The maximum Gasteiger partial charge on any atom is 0.259 e. The Kier molecular flexibility index (Phi) is 5.06. The van der Waals surface area contributed by atoms with Crippen LogP contribution < -0.4 is 15.4 Å². The molecule has 1 aliphatic carbocycles.